The largest absolute Gasteiger partial charge is 0.370 e. The Morgan fingerprint density at radius 1 is 1.17 bits per heavy atom. The zero-order valence-electron chi connectivity index (χ0n) is 16.1. The zero-order valence-corrected chi connectivity index (χ0v) is 17.7. The molecule has 4 N–H and O–H groups in total. The quantitative estimate of drug-likeness (QED) is 0.245. The summed E-state index contributed by atoms with van der Waals surface area (Å²) in [6.07, 6.45) is 10.3. The second-order valence-corrected chi connectivity index (χ2v) is 7.40. The van der Waals surface area contributed by atoms with Crippen LogP contribution < -0.4 is 16.0 Å². The maximum absolute atomic E-state index is 5.95. The highest BCUT2D eigenvalue weighted by molar-refractivity contribution is 9.10. The van der Waals surface area contributed by atoms with Crippen LogP contribution in [0.15, 0.2) is 64.8 Å². The molecule has 2 heterocycles. The van der Waals surface area contributed by atoms with Crippen LogP contribution in [0, 0.1) is 0 Å². The van der Waals surface area contributed by atoms with Gasteiger partial charge in [-0.2, -0.15) is 0 Å². The molecule has 0 unspecified atom stereocenters. The number of imidazole rings is 1. The van der Waals surface area contributed by atoms with Gasteiger partial charge in [-0.15, -0.1) is 0 Å². The van der Waals surface area contributed by atoms with E-state index in [9.17, 15) is 0 Å². The first-order chi connectivity index (χ1) is 14.2. The second kappa shape index (κ2) is 11.2. The van der Waals surface area contributed by atoms with Gasteiger partial charge in [-0.05, 0) is 24.1 Å². The van der Waals surface area contributed by atoms with Crippen molar-refractivity contribution in [3.05, 3.63) is 71.1 Å². The highest BCUT2D eigenvalue weighted by Crippen LogP contribution is 2.16. The Bertz CT molecular complexity index is 865. The first kappa shape index (κ1) is 20.8. The van der Waals surface area contributed by atoms with Crippen LogP contribution in [0.5, 0.6) is 0 Å². The molecule has 8 nitrogen and oxygen atoms in total. The molecule has 29 heavy (non-hydrogen) atoms. The lowest BCUT2D eigenvalue weighted by molar-refractivity contribution is 0.721. The van der Waals surface area contributed by atoms with E-state index in [1.54, 1.807) is 24.9 Å². The van der Waals surface area contributed by atoms with Crippen molar-refractivity contribution in [2.45, 2.75) is 19.4 Å². The minimum absolute atomic E-state index is 0.462. The molecule has 0 atom stereocenters. The third-order valence-electron chi connectivity index (χ3n) is 4.28. The number of rotatable bonds is 10. The molecule has 9 heteroatoms. The summed E-state index contributed by atoms with van der Waals surface area (Å²) in [5.41, 5.74) is 8.23. The molecule has 0 spiro atoms. The summed E-state index contributed by atoms with van der Waals surface area (Å²) in [6.45, 7) is 2.92. The van der Waals surface area contributed by atoms with Gasteiger partial charge in [-0.3, -0.25) is 9.98 Å². The fraction of sp³-hybridized carbons (Fsp3) is 0.300. The molecule has 1 aromatic carbocycles. The van der Waals surface area contributed by atoms with Gasteiger partial charge in [0.25, 0.3) is 0 Å². The molecule has 0 saturated heterocycles. The average molecular weight is 457 g/mol. The number of nitrogens with one attached hydrogen (secondary N) is 2. The predicted octanol–water partition coefficient (Wildman–Crippen LogP) is 2.51. The van der Waals surface area contributed by atoms with Crippen molar-refractivity contribution in [2.24, 2.45) is 10.7 Å². The van der Waals surface area contributed by atoms with Gasteiger partial charge in [0.2, 0.25) is 0 Å². The number of nitrogens with zero attached hydrogens (tertiary/aromatic N) is 5. The highest BCUT2D eigenvalue weighted by atomic mass is 79.9. The number of halogens is 1. The van der Waals surface area contributed by atoms with Gasteiger partial charge in [0.1, 0.15) is 5.82 Å². The van der Waals surface area contributed by atoms with E-state index in [0.717, 1.165) is 41.9 Å². The summed E-state index contributed by atoms with van der Waals surface area (Å²) in [7, 11) is 0. The van der Waals surface area contributed by atoms with Crippen LogP contribution in [0.3, 0.4) is 0 Å². The van der Waals surface area contributed by atoms with Crippen LogP contribution in [0.1, 0.15) is 17.7 Å². The van der Waals surface area contributed by atoms with Crippen LogP contribution in [-0.2, 0) is 13.0 Å². The van der Waals surface area contributed by atoms with Crippen LogP contribution in [0.25, 0.3) is 0 Å². The van der Waals surface area contributed by atoms with E-state index in [0.29, 0.717) is 19.0 Å². The summed E-state index contributed by atoms with van der Waals surface area (Å²) in [5.74, 6) is 1.31. The number of guanidine groups is 1. The minimum Gasteiger partial charge on any atom is -0.370 e. The Balaban J connectivity index is 1.48. The van der Waals surface area contributed by atoms with Gasteiger partial charge in [-0.1, -0.05) is 28.1 Å². The summed E-state index contributed by atoms with van der Waals surface area (Å²) < 4.78 is 1.07. The fourth-order valence-corrected chi connectivity index (χ4v) is 3.07. The second-order valence-electron chi connectivity index (χ2n) is 6.49. The van der Waals surface area contributed by atoms with Crippen molar-refractivity contribution in [1.29, 1.82) is 0 Å². The molecule has 3 rings (SSSR count). The molecule has 2 aromatic heterocycles. The molecule has 0 aliphatic carbocycles. The van der Waals surface area contributed by atoms with Gasteiger partial charge in [-0.25, -0.2) is 9.97 Å². The number of H-pyrrole nitrogens is 1. The van der Waals surface area contributed by atoms with Gasteiger partial charge < -0.3 is 20.9 Å². The Labute approximate surface area is 178 Å². The van der Waals surface area contributed by atoms with E-state index in [-0.39, 0.29) is 0 Å². The Kier molecular flexibility index (Phi) is 8.00. The number of aromatic nitrogens is 4. The lowest BCUT2D eigenvalue weighted by Gasteiger charge is -2.23. The maximum atomic E-state index is 5.95. The Hall–Kier alpha value is -2.94. The van der Waals surface area contributed by atoms with Crippen LogP contribution in [0.2, 0.25) is 0 Å². The average Bonchev–Trinajstić information content (AvgIpc) is 3.26. The molecule has 0 amide bonds. The molecule has 0 aliphatic heterocycles. The van der Waals surface area contributed by atoms with Gasteiger partial charge in [0.15, 0.2) is 5.96 Å². The zero-order chi connectivity index (χ0) is 20.3. The number of hydrogen-bond acceptors (Lipinski definition) is 5. The fourth-order valence-electron chi connectivity index (χ4n) is 2.80. The number of aliphatic imine (C=N–C) groups is 1. The molecule has 0 fully saturated rings. The minimum atomic E-state index is 0.462. The van der Waals surface area contributed by atoms with E-state index < -0.39 is 0 Å². The topological polar surface area (TPSA) is 108 Å². The third kappa shape index (κ3) is 7.19. The summed E-state index contributed by atoms with van der Waals surface area (Å²) in [6, 6.07) is 8.30. The van der Waals surface area contributed by atoms with E-state index in [1.165, 1.54) is 5.56 Å². The number of benzene rings is 1. The van der Waals surface area contributed by atoms with Crippen molar-refractivity contribution in [2.75, 3.05) is 24.5 Å². The lowest BCUT2D eigenvalue weighted by Crippen LogP contribution is -2.33. The van der Waals surface area contributed by atoms with Crippen LogP contribution in [-0.4, -0.2) is 45.5 Å². The first-order valence-electron chi connectivity index (χ1n) is 9.47. The standard InChI is InChI=1S/C20H25BrN8/c21-17-4-2-16(3-5-17)14-29(19-13-23-9-10-25-19)11-1-7-26-20(22)27-8-6-18-12-24-15-28-18/h2-5,9-10,12-13,15H,1,6-8,11,14H2,(H,24,28)(H3,22,26,27). The van der Waals surface area contributed by atoms with E-state index >= 15 is 0 Å². The van der Waals surface area contributed by atoms with E-state index in [1.807, 2.05) is 18.3 Å². The summed E-state index contributed by atoms with van der Waals surface area (Å²) >= 11 is 3.48. The summed E-state index contributed by atoms with van der Waals surface area (Å²) in [4.78, 5) is 22.3. The van der Waals surface area contributed by atoms with Gasteiger partial charge in [0, 0.05) is 61.4 Å². The van der Waals surface area contributed by atoms with Crippen molar-refractivity contribution < 1.29 is 0 Å². The SMILES string of the molecule is NC(=NCCCN(Cc1ccc(Br)cc1)c1cnccn1)NCCc1cnc[nH]1. The van der Waals surface area contributed by atoms with E-state index in [2.05, 4.69) is 63.2 Å². The van der Waals surface area contributed by atoms with Gasteiger partial charge >= 0.3 is 0 Å². The van der Waals surface area contributed by atoms with Crippen LogP contribution in [0.4, 0.5) is 5.82 Å². The van der Waals surface area contributed by atoms with Gasteiger partial charge in [0.05, 0.1) is 12.5 Å². The van der Waals surface area contributed by atoms with Crippen molar-refractivity contribution in [3.63, 3.8) is 0 Å². The Morgan fingerprint density at radius 2 is 2.03 bits per heavy atom. The van der Waals surface area contributed by atoms with Crippen molar-refractivity contribution in [3.8, 4) is 0 Å². The Morgan fingerprint density at radius 3 is 2.76 bits per heavy atom. The lowest BCUT2D eigenvalue weighted by atomic mass is 10.2. The highest BCUT2D eigenvalue weighted by Gasteiger charge is 2.09. The molecular weight excluding hydrogens is 432 g/mol. The normalized spacial score (nSPS) is 11.4. The smallest absolute Gasteiger partial charge is 0.188 e. The molecule has 0 saturated carbocycles. The number of nitrogens with two attached hydrogens (primary N) is 1. The predicted molar refractivity (Wildman–Crippen MR) is 119 cm³/mol. The molecule has 0 bridgehead atoms. The monoisotopic (exact) mass is 456 g/mol. The maximum Gasteiger partial charge on any atom is 0.188 e. The van der Waals surface area contributed by atoms with Crippen molar-refractivity contribution in [1.82, 2.24) is 25.3 Å². The molecule has 3 aromatic rings. The van der Waals surface area contributed by atoms with E-state index in [4.69, 9.17) is 5.73 Å². The number of anilines is 1. The molecule has 0 aliphatic rings. The molecule has 0 radical (unpaired) electrons. The molecule has 152 valence electrons. The third-order valence-corrected chi connectivity index (χ3v) is 4.81. The molecular formula is C20H25BrN8. The number of aromatic amines is 1. The first-order valence-corrected chi connectivity index (χ1v) is 10.3. The number of hydrogen-bond donors (Lipinski definition) is 3. The summed E-state index contributed by atoms with van der Waals surface area (Å²) in [5, 5.41) is 3.13. The van der Waals surface area contributed by atoms with Crippen LogP contribution >= 0.6 is 15.9 Å². The van der Waals surface area contributed by atoms with Crippen molar-refractivity contribution >= 4 is 27.7 Å².